The summed E-state index contributed by atoms with van der Waals surface area (Å²) in [5.41, 5.74) is 3.00. The van der Waals surface area contributed by atoms with E-state index in [4.69, 9.17) is 11.6 Å². The summed E-state index contributed by atoms with van der Waals surface area (Å²) in [6.45, 7) is 5.13. The largest absolute Gasteiger partial charge is 0.348 e. The van der Waals surface area contributed by atoms with Crippen LogP contribution in [-0.2, 0) is 14.8 Å². The molecule has 1 amide bonds. The molecule has 0 radical (unpaired) electrons. The SMILES string of the molecule is Cc1ccc(N(CC(=O)N[C@H](C)c2ccc(F)cc2)S(=O)(=O)c2ccc(Cl)cc2)cc1C. The third-order valence-corrected chi connectivity index (χ3v) is 7.25. The maximum atomic E-state index is 13.4. The van der Waals surface area contributed by atoms with E-state index in [1.807, 2.05) is 19.9 Å². The molecule has 0 aliphatic rings. The van der Waals surface area contributed by atoms with Gasteiger partial charge in [-0.3, -0.25) is 9.10 Å². The number of halogens is 2. The van der Waals surface area contributed by atoms with Gasteiger partial charge in [-0.2, -0.15) is 0 Å². The summed E-state index contributed by atoms with van der Waals surface area (Å²) in [5, 5.41) is 3.20. The van der Waals surface area contributed by atoms with Gasteiger partial charge in [-0.25, -0.2) is 12.8 Å². The molecule has 1 N–H and O–H groups in total. The maximum absolute atomic E-state index is 13.4. The van der Waals surface area contributed by atoms with Crippen molar-refractivity contribution in [1.82, 2.24) is 5.32 Å². The molecule has 3 rings (SSSR count). The Labute approximate surface area is 192 Å². The molecule has 0 aromatic heterocycles. The Balaban J connectivity index is 1.91. The first-order chi connectivity index (χ1) is 15.1. The van der Waals surface area contributed by atoms with E-state index in [9.17, 15) is 17.6 Å². The van der Waals surface area contributed by atoms with E-state index in [2.05, 4.69) is 5.32 Å². The Morgan fingerprint density at radius 2 is 1.62 bits per heavy atom. The van der Waals surface area contributed by atoms with Crippen LogP contribution >= 0.6 is 11.6 Å². The third-order valence-electron chi connectivity index (χ3n) is 5.21. The normalized spacial score (nSPS) is 12.3. The van der Waals surface area contributed by atoms with Gasteiger partial charge in [0.15, 0.2) is 0 Å². The van der Waals surface area contributed by atoms with Crippen molar-refractivity contribution in [3.63, 3.8) is 0 Å². The van der Waals surface area contributed by atoms with Gasteiger partial charge >= 0.3 is 0 Å². The minimum absolute atomic E-state index is 0.0273. The molecule has 168 valence electrons. The van der Waals surface area contributed by atoms with E-state index in [0.717, 1.165) is 15.4 Å². The fraction of sp³-hybridized carbons (Fsp3) is 0.208. The van der Waals surface area contributed by atoms with Crippen molar-refractivity contribution < 1.29 is 17.6 Å². The average molecular weight is 475 g/mol. The van der Waals surface area contributed by atoms with Gasteiger partial charge in [-0.1, -0.05) is 29.8 Å². The fourth-order valence-electron chi connectivity index (χ4n) is 3.18. The predicted molar refractivity (Wildman–Crippen MR) is 125 cm³/mol. The van der Waals surface area contributed by atoms with E-state index in [1.54, 1.807) is 31.2 Å². The zero-order valence-corrected chi connectivity index (χ0v) is 19.5. The van der Waals surface area contributed by atoms with Crippen LogP contribution in [0.3, 0.4) is 0 Å². The first kappa shape index (κ1) is 23.8. The third kappa shape index (κ3) is 5.47. The molecule has 0 bridgehead atoms. The molecular formula is C24H24ClFN2O3S. The summed E-state index contributed by atoms with van der Waals surface area (Å²) in [5.74, 6) is -0.861. The molecule has 0 aliphatic heterocycles. The minimum Gasteiger partial charge on any atom is -0.348 e. The van der Waals surface area contributed by atoms with Crippen LogP contribution in [0.15, 0.2) is 71.6 Å². The van der Waals surface area contributed by atoms with Crippen molar-refractivity contribution in [3.8, 4) is 0 Å². The molecule has 0 saturated carbocycles. The summed E-state index contributed by atoms with van der Waals surface area (Å²) in [4.78, 5) is 12.9. The van der Waals surface area contributed by atoms with Crippen molar-refractivity contribution >= 4 is 33.2 Å². The first-order valence-corrected chi connectivity index (χ1v) is 11.8. The molecule has 0 aliphatic carbocycles. The standard InChI is InChI=1S/C24H24ClFN2O3S/c1-16-4-11-22(14-17(16)2)28(32(30,31)23-12-7-20(25)8-13-23)15-24(29)27-18(3)19-5-9-21(26)10-6-19/h4-14,18H,15H2,1-3H3,(H,27,29)/t18-/m1/s1. The second-order valence-electron chi connectivity index (χ2n) is 7.57. The summed E-state index contributed by atoms with van der Waals surface area (Å²) >= 11 is 5.91. The number of sulfonamides is 1. The number of nitrogens with zero attached hydrogens (tertiary/aromatic N) is 1. The highest BCUT2D eigenvalue weighted by Gasteiger charge is 2.28. The maximum Gasteiger partial charge on any atom is 0.264 e. The fourth-order valence-corrected chi connectivity index (χ4v) is 4.72. The zero-order valence-electron chi connectivity index (χ0n) is 18.0. The van der Waals surface area contributed by atoms with Crippen LogP contribution in [0.1, 0.15) is 29.7 Å². The summed E-state index contributed by atoms with van der Waals surface area (Å²) < 4.78 is 41.1. The van der Waals surface area contributed by atoms with Gasteiger partial charge in [0.2, 0.25) is 5.91 Å². The van der Waals surface area contributed by atoms with E-state index in [0.29, 0.717) is 16.3 Å². The van der Waals surface area contributed by atoms with Crippen LogP contribution in [0.2, 0.25) is 5.02 Å². The van der Waals surface area contributed by atoms with Crippen molar-refractivity contribution in [2.75, 3.05) is 10.8 Å². The Morgan fingerprint density at radius 3 is 2.22 bits per heavy atom. The number of amides is 1. The van der Waals surface area contributed by atoms with Crippen LogP contribution in [-0.4, -0.2) is 20.9 Å². The Kier molecular flexibility index (Phi) is 7.21. The number of anilines is 1. The van der Waals surface area contributed by atoms with Gasteiger partial charge in [-0.15, -0.1) is 0 Å². The number of nitrogens with one attached hydrogen (secondary N) is 1. The lowest BCUT2D eigenvalue weighted by Gasteiger charge is -2.26. The topological polar surface area (TPSA) is 66.5 Å². The monoisotopic (exact) mass is 474 g/mol. The molecule has 0 unspecified atom stereocenters. The van der Waals surface area contributed by atoms with E-state index >= 15 is 0 Å². The average Bonchev–Trinajstić information content (AvgIpc) is 2.74. The van der Waals surface area contributed by atoms with Gasteiger partial charge < -0.3 is 5.32 Å². The summed E-state index contributed by atoms with van der Waals surface area (Å²) in [7, 11) is -4.04. The van der Waals surface area contributed by atoms with Gasteiger partial charge in [-0.05, 0) is 86.0 Å². The van der Waals surface area contributed by atoms with Crippen molar-refractivity contribution in [1.29, 1.82) is 0 Å². The Morgan fingerprint density at radius 1 is 1.00 bits per heavy atom. The highest BCUT2D eigenvalue weighted by atomic mass is 35.5. The molecule has 3 aromatic rings. The highest BCUT2D eigenvalue weighted by Crippen LogP contribution is 2.26. The van der Waals surface area contributed by atoms with Crippen molar-refractivity contribution in [2.24, 2.45) is 0 Å². The quantitative estimate of drug-likeness (QED) is 0.513. The predicted octanol–water partition coefficient (Wildman–Crippen LogP) is 5.17. The molecule has 0 spiro atoms. The van der Waals surface area contributed by atoms with Gasteiger partial charge in [0, 0.05) is 5.02 Å². The van der Waals surface area contributed by atoms with Crippen molar-refractivity contribution in [2.45, 2.75) is 31.7 Å². The van der Waals surface area contributed by atoms with Gasteiger partial charge in [0.1, 0.15) is 12.4 Å². The molecule has 1 atom stereocenters. The van der Waals surface area contributed by atoms with Crippen LogP contribution in [0.4, 0.5) is 10.1 Å². The molecular weight excluding hydrogens is 451 g/mol. The van der Waals surface area contributed by atoms with E-state index < -0.39 is 28.5 Å². The molecule has 0 saturated heterocycles. The lowest BCUT2D eigenvalue weighted by Crippen LogP contribution is -2.41. The van der Waals surface area contributed by atoms with Crippen LogP contribution in [0.5, 0.6) is 0 Å². The lowest BCUT2D eigenvalue weighted by molar-refractivity contribution is -0.120. The van der Waals surface area contributed by atoms with Gasteiger partial charge in [0.05, 0.1) is 16.6 Å². The van der Waals surface area contributed by atoms with Gasteiger partial charge in [0.25, 0.3) is 10.0 Å². The number of hydrogen-bond donors (Lipinski definition) is 1. The number of aryl methyl sites for hydroxylation is 2. The van der Waals surface area contributed by atoms with Crippen molar-refractivity contribution in [3.05, 3.63) is 94.3 Å². The molecule has 8 heteroatoms. The minimum atomic E-state index is -4.04. The van der Waals surface area contributed by atoms with E-state index in [-0.39, 0.29) is 10.7 Å². The summed E-state index contributed by atoms with van der Waals surface area (Å²) in [6, 6.07) is 16.4. The summed E-state index contributed by atoms with van der Waals surface area (Å²) in [6.07, 6.45) is 0. The lowest BCUT2D eigenvalue weighted by atomic mass is 10.1. The Bertz CT molecular complexity index is 1210. The number of carbonyl (C=O) groups excluding carboxylic acids is 1. The molecule has 3 aromatic carbocycles. The Hall–Kier alpha value is -2.90. The van der Waals surface area contributed by atoms with E-state index in [1.165, 1.54) is 36.4 Å². The first-order valence-electron chi connectivity index (χ1n) is 9.98. The number of hydrogen-bond acceptors (Lipinski definition) is 3. The molecule has 5 nitrogen and oxygen atoms in total. The zero-order chi connectivity index (χ0) is 23.5. The molecule has 32 heavy (non-hydrogen) atoms. The molecule has 0 heterocycles. The number of benzene rings is 3. The smallest absolute Gasteiger partial charge is 0.264 e. The molecule has 0 fully saturated rings. The van der Waals surface area contributed by atoms with Crippen LogP contribution in [0, 0.1) is 19.7 Å². The number of carbonyl (C=O) groups is 1. The second kappa shape index (κ2) is 9.71. The highest BCUT2D eigenvalue weighted by molar-refractivity contribution is 7.92. The second-order valence-corrected chi connectivity index (χ2v) is 9.87. The number of rotatable bonds is 7. The van der Waals surface area contributed by atoms with Crippen LogP contribution in [0.25, 0.3) is 0 Å². The van der Waals surface area contributed by atoms with Crippen LogP contribution < -0.4 is 9.62 Å².